The molecule has 18 aliphatic heterocycles. The summed E-state index contributed by atoms with van der Waals surface area (Å²) in [5, 5.41) is 0.996. The highest BCUT2D eigenvalue weighted by Gasteiger charge is 2.49. The van der Waals surface area contributed by atoms with E-state index < -0.39 is 59.3 Å². The highest BCUT2D eigenvalue weighted by atomic mass is 16.2. The minimum Gasteiger partial charge on any atom is -0.274 e. The Balaban J connectivity index is 1.19. The van der Waals surface area contributed by atoms with Crippen LogP contribution in [-0.4, -0.2) is 92.0 Å². The SMILES string of the molecule is O=C1c2ccc3c4c5ccc(c24)C(=O)N1CCCCN1C(=O)c2ccc4c6c(ccc(c26)C1=O)C(=O)N(C4=O)[C@@H]1CCCC[C@H]1N(C3=O)C5=O. The number of hydrogen-bond acceptors (Lipinski definition) is 8. The third kappa shape index (κ3) is 3.40. The normalized spacial score (nSPS) is 22.7. The first-order chi connectivity index (χ1) is 24.2. The van der Waals surface area contributed by atoms with Gasteiger partial charge in [-0.1, -0.05) is 12.8 Å². The molecule has 16 bridgehead atoms. The van der Waals surface area contributed by atoms with E-state index in [1.54, 1.807) is 0 Å². The van der Waals surface area contributed by atoms with E-state index in [2.05, 4.69) is 0 Å². The molecule has 0 aromatic heterocycles. The second kappa shape index (κ2) is 9.78. The van der Waals surface area contributed by atoms with Crippen molar-refractivity contribution in [2.45, 2.75) is 50.6 Å². The van der Waals surface area contributed by atoms with Crippen LogP contribution >= 0.6 is 0 Å². The number of carbonyl (C=O) groups excluding carboxylic acids is 8. The lowest BCUT2D eigenvalue weighted by Gasteiger charge is -2.45. The van der Waals surface area contributed by atoms with Gasteiger partial charge in [-0.3, -0.25) is 58.0 Å². The fourth-order valence-corrected chi connectivity index (χ4v) is 9.13. The van der Waals surface area contributed by atoms with Crippen molar-refractivity contribution in [2.24, 2.45) is 0 Å². The van der Waals surface area contributed by atoms with Gasteiger partial charge in [0.1, 0.15) is 0 Å². The maximum absolute atomic E-state index is 14.4. The average Bonchev–Trinajstić information content (AvgIpc) is 3.12. The molecule has 8 amide bonds. The molecule has 0 radical (unpaired) electrons. The summed E-state index contributed by atoms with van der Waals surface area (Å²) >= 11 is 0. The van der Waals surface area contributed by atoms with Gasteiger partial charge in [0.05, 0.1) is 12.1 Å². The Kier molecular flexibility index (Phi) is 5.66. The standard InChI is InChI=1S/C38H26N4O8/c43-31-17-7-11-21-29-22-12-8-18(27(17)29)32(44)39(31)15-3-4-16-40-33(45)19-9-13-23-30-24(14-10-20(28(19)30)34(40)46)38(50)42(37(23)49)26-6-2-1-5-25(26)41(35(21)47)36(22)48/h7-14,25-26H,1-6,15-16H2/t25-,26-/m1/s1. The molecule has 1 fully saturated rings. The Bertz CT molecular complexity index is 2140. The quantitative estimate of drug-likeness (QED) is 0.254. The van der Waals surface area contributed by atoms with Crippen molar-refractivity contribution in [3.8, 4) is 0 Å². The lowest BCUT2D eigenvalue weighted by atomic mass is 9.81. The van der Waals surface area contributed by atoms with Gasteiger partial charge in [0.15, 0.2) is 0 Å². The predicted molar refractivity (Wildman–Crippen MR) is 175 cm³/mol. The molecular formula is C38H26N4O8. The lowest BCUT2D eigenvalue weighted by Crippen LogP contribution is -2.61. The highest BCUT2D eigenvalue weighted by Crippen LogP contribution is 2.43. The van der Waals surface area contributed by atoms with E-state index >= 15 is 0 Å². The number of hydrogen-bond donors (Lipinski definition) is 0. The molecule has 50 heavy (non-hydrogen) atoms. The summed E-state index contributed by atoms with van der Waals surface area (Å²) in [5.74, 6) is -4.72. The molecule has 0 spiro atoms. The molecular weight excluding hydrogens is 640 g/mol. The molecule has 4 aromatic carbocycles. The summed E-state index contributed by atoms with van der Waals surface area (Å²) in [7, 11) is 0. The van der Waals surface area contributed by atoms with Crippen molar-refractivity contribution in [2.75, 3.05) is 13.1 Å². The van der Waals surface area contributed by atoms with Crippen LogP contribution in [-0.2, 0) is 0 Å². The van der Waals surface area contributed by atoms with E-state index in [9.17, 15) is 38.4 Å². The van der Waals surface area contributed by atoms with Gasteiger partial charge in [0.25, 0.3) is 47.3 Å². The van der Waals surface area contributed by atoms with Crippen LogP contribution in [0.25, 0.3) is 21.5 Å². The predicted octanol–water partition coefficient (Wildman–Crippen LogP) is 4.18. The number of rotatable bonds is 0. The maximum Gasteiger partial charge on any atom is 0.261 e. The minimum atomic E-state index is -0.852. The summed E-state index contributed by atoms with van der Waals surface area (Å²) in [6, 6.07) is 10.3. The van der Waals surface area contributed by atoms with E-state index in [0.717, 1.165) is 19.6 Å². The molecule has 0 saturated heterocycles. The molecule has 246 valence electrons. The Morgan fingerprint density at radius 1 is 0.340 bits per heavy atom. The van der Waals surface area contributed by atoms with Gasteiger partial charge < -0.3 is 0 Å². The summed E-state index contributed by atoms with van der Waals surface area (Å²) in [5.41, 5.74) is 1.46. The third-order valence-electron chi connectivity index (χ3n) is 11.4. The van der Waals surface area contributed by atoms with Crippen LogP contribution in [0.3, 0.4) is 0 Å². The summed E-state index contributed by atoms with van der Waals surface area (Å²) in [6.45, 7) is 0.0410. The Morgan fingerprint density at radius 3 is 0.840 bits per heavy atom. The van der Waals surface area contributed by atoms with Gasteiger partial charge in [-0.05, 0) is 74.2 Å². The zero-order chi connectivity index (χ0) is 34.3. The summed E-state index contributed by atoms with van der Waals surface area (Å²) in [6.07, 6.45) is 2.56. The molecule has 12 nitrogen and oxygen atoms in total. The maximum atomic E-state index is 14.4. The first kappa shape index (κ1) is 28.9. The monoisotopic (exact) mass is 666 g/mol. The van der Waals surface area contributed by atoms with Crippen molar-refractivity contribution in [3.63, 3.8) is 0 Å². The van der Waals surface area contributed by atoms with Crippen LogP contribution in [0, 0.1) is 0 Å². The molecule has 1 saturated carbocycles. The van der Waals surface area contributed by atoms with Gasteiger partial charge in [-0.2, -0.15) is 0 Å². The first-order valence-corrected chi connectivity index (χ1v) is 16.9. The Labute approximate surface area is 283 Å². The van der Waals surface area contributed by atoms with Crippen molar-refractivity contribution in [3.05, 3.63) is 93.0 Å². The Hall–Kier alpha value is -6.04. The van der Waals surface area contributed by atoms with Crippen molar-refractivity contribution < 1.29 is 38.4 Å². The van der Waals surface area contributed by atoms with Crippen LogP contribution < -0.4 is 0 Å². The van der Waals surface area contributed by atoms with Gasteiger partial charge in [0.2, 0.25) is 0 Å². The fraction of sp³-hybridized carbons (Fsp3) is 0.263. The molecule has 12 heteroatoms. The van der Waals surface area contributed by atoms with Crippen LogP contribution in [0.2, 0.25) is 0 Å². The molecule has 1 aliphatic carbocycles. The number of benzene rings is 4. The zero-order valence-electron chi connectivity index (χ0n) is 26.5. The number of nitrogens with zero attached hydrogens (tertiary/aromatic N) is 4. The largest absolute Gasteiger partial charge is 0.274 e. The number of amides is 8. The van der Waals surface area contributed by atoms with Crippen LogP contribution in [0.1, 0.15) is 121 Å². The van der Waals surface area contributed by atoms with Crippen LogP contribution in [0.15, 0.2) is 48.5 Å². The van der Waals surface area contributed by atoms with Crippen LogP contribution in [0.5, 0.6) is 0 Å². The number of imide groups is 4. The Morgan fingerprint density at radius 2 is 0.580 bits per heavy atom. The highest BCUT2D eigenvalue weighted by molar-refractivity contribution is 6.35. The molecule has 4 aromatic rings. The van der Waals surface area contributed by atoms with Gasteiger partial charge in [-0.25, -0.2) is 0 Å². The zero-order valence-corrected chi connectivity index (χ0v) is 26.5. The van der Waals surface area contributed by atoms with Gasteiger partial charge in [-0.15, -0.1) is 0 Å². The molecule has 18 heterocycles. The van der Waals surface area contributed by atoms with Gasteiger partial charge in [0, 0.05) is 79.1 Å². The first-order valence-electron chi connectivity index (χ1n) is 16.9. The van der Waals surface area contributed by atoms with E-state index in [1.165, 1.54) is 48.5 Å². The fourth-order valence-electron chi connectivity index (χ4n) is 9.13. The average molecular weight is 667 g/mol. The third-order valence-corrected chi connectivity index (χ3v) is 11.4. The second-order valence-corrected chi connectivity index (χ2v) is 13.8. The molecule has 19 aliphatic rings. The van der Waals surface area contributed by atoms with E-state index in [1.807, 2.05) is 0 Å². The van der Waals surface area contributed by atoms with Crippen molar-refractivity contribution >= 4 is 68.8 Å². The van der Waals surface area contributed by atoms with E-state index in [0.29, 0.717) is 25.7 Å². The topological polar surface area (TPSA) is 150 Å². The lowest BCUT2D eigenvalue weighted by molar-refractivity contribution is 0.0241. The number of carbonyl (C=O) groups is 8. The molecule has 23 rings (SSSR count). The van der Waals surface area contributed by atoms with Crippen LogP contribution in [0.4, 0.5) is 0 Å². The van der Waals surface area contributed by atoms with Crippen molar-refractivity contribution in [1.82, 2.24) is 19.6 Å². The second-order valence-electron chi connectivity index (χ2n) is 13.8. The van der Waals surface area contributed by atoms with Crippen molar-refractivity contribution in [1.29, 1.82) is 0 Å². The summed E-state index contributed by atoms with van der Waals surface area (Å²) < 4.78 is 0. The molecule has 2 atom stereocenters. The summed E-state index contributed by atoms with van der Waals surface area (Å²) in [4.78, 5) is 117. The smallest absolute Gasteiger partial charge is 0.261 e. The minimum absolute atomic E-state index is 0.0205. The van der Waals surface area contributed by atoms with E-state index in [-0.39, 0.29) is 92.0 Å². The molecule has 0 N–H and O–H groups in total. The molecule has 0 unspecified atom stereocenters. The van der Waals surface area contributed by atoms with Gasteiger partial charge >= 0.3 is 0 Å². The van der Waals surface area contributed by atoms with E-state index in [4.69, 9.17) is 0 Å².